The van der Waals surface area contributed by atoms with Crippen molar-refractivity contribution < 1.29 is 4.79 Å². The number of aromatic nitrogens is 4. The van der Waals surface area contributed by atoms with Crippen LogP contribution in [0.25, 0.3) is 5.69 Å². The van der Waals surface area contributed by atoms with Crippen molar-refractivity contribution in [2.45, 2.75) is 19.4 Å². The minimum Gasteiger partial charge on any atom is -0.324 e. The monoisotopic (exact) mass is 272 g/mol. The molecule has 7 nitrogen and oxygen atoms in total. The molecule has 1 unspecified atom stereocenters. The number of tetrazole rings is 1. The Bertz CT molecular complexity index is 607. The molecule has 1 aromatic carbocycles. The predicted octanol–water partition coefficient (Wildman–Crippen LogP) is 0.813. The lowest BCUT2D eigenvalue weighted by molar-refractivity contribution is -0.117. The second kappa shape index (κ2) is 6.07. The highest BCUT2D eigenvalue weighted by Gasteiger charge is 2.13. The van der Waals surface area contributed by atoms with Gasteiger partial charge in [0.25, 0.3) is 0 Å². The molecule has 0 aliphatic carbocycles. The first-order chi connectivity index (χ1) is 9.61. The smallest absolute Gasteiger partial charge is 0.241 e. The van der Waals surface area contributed by atoms with Gasteiger partial charge in [-0.3, -0.25) is 4.79 Å². The molecule has 0 aliphatic heterocycles. The van der Waals surface area contributed by atoms with Crippen LogP contribution in [-0.2, 0) is 4.79 Å². The van der Waals surface area contributed by atoms with Crippen LogP contribution >= 0.6 is 0 Å². The van der Waals surface area contributed by atoms with E-state index in [0.717, 1.165) is 11.3 Å². The highest BCUT2D eigenvalue weighted by Crippen LogP contribution is 2.19. The van der Waals surface area contributed by atoms with E-state index in [2.05, 4.69) is 27.4 Å². The van der Waals surface area contributed by atoms with E-state index >= 15 is 0 Å². The number of carbonyl (C=O) groups excluding carboxylic acids is 1. The van der Waals surface area contributed by atoms with Gasteiger partial charge in [0.2, 0.25) is 5.91 Å². The lowest BCUT2D eigenvalue weighted by Gasteiger charge is -2.13. The maximum Gasteiger partial charge on any atom is 0.241 e. The molecule has 0 saturated heterocycles. The first-order valence-corrected chi connectivity index (χ1v) is 6.13. The van der Waals surface area contributed by atoms with Gasteiger partial charge in [-0.2, -0.15) is 0 Å². The highest BCUT2D eigenvalue weighted by molar-refractivity contribution is 5.95. The Kier molecular flexibility index (Phi) is 4.21. The SMILES string of the molecule is C=CCC(N)C(=O)Nc1cc(-n2cnnn2)ccc1C. The average Bonchev–Trinajstić information content (AvgIpc) is 2.95. The standard InChI is InChI=1S/C13H16N6O/c1-3-4-11(14)13(20)16-12-7-10(6-5-9(12)2)19-8-15-17-18-19/h3,5-8,11H,1,4,14H2,2H3,(H,16,20). The number of hydrogen-bond donors (Lipinski definition) is 2. The molecule has 0 spiro atoms. The Balaban J connectivity index is 2.21. The lowest BCUT2D eigenvalue weighted by atomic mass is 10.1. The lowest BCUT2D eigenvalue weighted by Crippen LogP contribution is -2.35. The van der Waals surface area contributed by atoms with Crippen LogP contribution in [0.1, 0.15) is 12.0 Å². The number of anilines is 1. The molecule has 0 bridgehead atoms. The molecule has 20 heavy (non-hydrogen) atoms. The van der Waals surface area contributed by atoms with Gasteiger partial charge in [0.15, 0.2) is 0 Å². The molecule has 3 N–H and O–H groups in total. The van der Waals surface area contributed by atoms with E-state index in [1.165, 1.54) is 11.0 Å². The fourth-order valence-corrected chi connectivity index (χ4v) is 1.68. The fourth-order valence-electron chi connectivity index (χ4n) is 1.68. The van der Waals surface area contributed by atoms with Gasteiger partial charge in [-0.25, -0.2) is 4.68 Å². The maximum atomic E-state index is 11.9. The number of aryl methyl sites for hydroxylation is 1. The Hall–Kier alpha value is -2.54. The van der Waals surface area contributed by atoms with Crippen molar-refractivity contribution in [3.05, 3.63) is 42.7 Å². The van der Waals surface area contributed by atoms with Gasteiger partial charge in [-0.1, -0.05) is 12.1 Å². The number of hydrogen-bond acceptors (Lipinski definition) is 5. The quantitative estimate of drug-likeness (QED) is 0.785. The zero-order chi connectivity index (χ0) is 14.5. The van der Waals surface area contributed by atoms with Crippen molar-refractivity contribution in [1.29, 1.82) is 0 Å². The van der Waals surface area contributed by atoms with Gasteiger partial charge in [0.05, 0.1) is 11.7 Å². The molecule has 1 atom stereocenters. The molecule has 104 valence electrons. The van der Waals surface area contributed by atoms with Crippen molar-refractivity contribution in [3.63, 3.8) is 0 Å². The number of rotatable bonds is 5. The Morgan fingerprint density at radius 2 is 2.40 bits per heavy atom. The molecule has 1 heterocycles. The van der Waals surface area contributed by atoms with Gasteiger partial charge < -0.3 is 11.1 Å². The van der Waals surface area contributed by atoms with Crippen molar-refractivity contribution in [2.24, 2.45) is 5.73 Å². The summed E-state index contributed by atoms with van der Waals surface area (Å²) >= 11 is 0. The van der Waals surface area contributed by atoms with Gasteiger partial charge in [0.1, 0.15) is 6.33 Å². The summed E-state index contributed by atoms with van der Waals surface area (Å²) in [6.45, 7) is 5.47. The number of benzene rings is 1. The van der Waals surface area contributed by atoms with Crippen LogP contribution in [0.3, 0.4) is 0 Å². The Morgan fingerprint density at radius 3 is 3.05 bits per heavy atom. The molecule has 7 heteroatoms. The zero-order valence-corrected chi connectivity index (χ0v) is 11.2. The van der Waals surface area contributed by atoms with Gasteiger partial charge >= 0.3 is 0 Å². The summed E-state index contributed by atoms with van der Waals surface area (Å²) < 4.78 is 1.51. The first kappa shape index (κ1) is 13.9. The van der Waals surface area contributed by atoms with E-state index in [9.17, 15) is 4.79 Å². The molecule has 0 saturated carbocycles. The van der Waals surface area contributed by atoms with E-state index < -0.39 is 6.04 Å². The largest absolute Gasteiger partial charge is 0.324 e. The Labute approximate surface area is 116 Å². The van der Waals surface area contributed by atoms with Crippen LogP contribution in [0.15, 0.2) is 37.2 Å². The van der Waals surface area contributed by atoms with E-state index in [-0.39, 0.29) is 5.91 Å². The third-order valence-corrected chi connectivity index (χ3v) is 2.85. The summed E-state index contributed by atoms with van der Waals surface area (Å²) in [5.41, 5.74) is 8.11. The predicted molar refractivity (Wildman–Crippen MR) is 75.3 cm³/mol. The molecule has 2 rings (SSSR count). The molecule has 2 aromatic rings. The minimum absolute atomic E-state index is 0.248. The van der Waals surface area contributed by atoms with Crippen LogP contribution in [0, 0.1) is 6.92 Å². The normalized spacial score (nSPS) is 11.9. The molecule has 1 amide bonds. The minimum atomic E-state index is -0.608. The molecular formula is C13H16N6O. The van der Waals surface area contributed by atoms with Gasteiger partial charge in [0, 0.05) is 5.69 Å². The number of carbonyl (C=O) groups is 1. The molecule has 0 radical (unpaired) electrons. The van der Waals surface area contributed by atoms with Crippen molar-refractivity contribution in [2.75, 3.05) is 5.32 Å². The van der Waals surface area contributed by atoms with Gasteiger partial charge in [-0.15, -0.1) is 11.7 Å². The van der Waals surface area contributed by atoms with E-state index in [1.54, 1.807) is 12.1 Å². The molecule has 0 fully saturated rings. The van der Waals surface area contributed by atoms with E-state index in [4.69, 9.17) is 5.73 Å². The van der Waals surface area contributed by atoms with Crippen molar-refractivity contribution >= 4 is 11.6 Å². The average molecular weight is 272 g/mol. The summed E-state index contributed by atoms with van der Waals surface area (Å²) in [5.74, 6) is -0.248. The topological polar surface area (TPSA) is 98.7 Å². The van der Waals surface area contributed by atoms with Crippen LogP contribution in [0.2, 0.25) is 0 Å². The van der Waals surface area contributed by atoms with Crippen LogP contribution in [0.5, 0.6) is 0 Å². The van der Waals surface area contributed by atoms with E-state index in [0.29, 0.717) is 12.1 Å². The van der Waals surface area contributed by atoms with Gasteiger partial charge in [-0.05, 0) is 41.5 Å². The number of nitrogens with two attached hydrogens (primary N) is 1. The van der Waals surface area contributed by atoms with Crippen molar-refractivity contribution in [3.8, 4) is 5.69 Å². The third kappa shape index (κ3) is 3.07. The third-order valence-electron chi connectivity index (χ3n) is 2.85. The van der Waals surface area contributed by atoms with Crippen LogP contribution in [-0.4, -0.2) is 32.2 Å². The summed E-state index contributed by atoms with van der Waals surface area (Å²) in [4.78, 5) is 11.9. The molecular weight excluding hydrogens is 256 g/mol. The van der Waals surface area contributed by atoms with Crippen LogP contribution in [0.4, 0.5) is 5.69 Å². The second-order valence-electron chi connectivity index (χ2n) is 4.37. The Morgan fingerprint density at radius 1 is 1.60 bits per heavy atom. The number of nitrogens with one attached hydrogen (secondary N) is 1. The van der Waals surface area contributed by atoms with Crippen LogP contribution < -0.4 is 11.1 Å². The maximum absolute atomic E-state index is 11.9. The molecule has 0 aliphatic rings. The highest BCUT2D eigenvalue weighted by atomic mass is 16.2. The number of amides is 1. The van der Waals surface area contributed by atoms with E-state index in [1.807, 2.05) is 19.1 Å². The number of nitrogens with zero attached hydrogens (tertiary/aromatic N) is 4. The summed E-state index contributed by atoms with van der Waals surface area (Å²) in [7, 11) is 0. The second-order valence-corrected chi connectivity index (χ2v) is 4.37. The summed E-state index contributed by atoms with van der Waals surface area (Å²) in [5, 5.41) is 13.8. The summed E-state index contributed by atoms with van der Waals surface area (Å²) in [6, 6.07) is 4.93. The zero-order valence-electron chi connectivity index (χ0n) is 11.2. The fraction of sp³-hybridized carbons (Fsp3) is 0.231. The summed E-state index contributed by atoms with van der Waals surface area (Å²) in [6.07, 6.45) is 3.53. The first-order valence-electron chi connectivity index (χ1n) is 6.13. The molecule has 1 aromatic heterocycles. The van der Waals surface area contributed by atoms with Crippen molar-refractivity contribution in [1.82, 2.24) is 20.2 Å².